The maximum absolute atomic E-state index is 12.4. The predicted octanol–water partition coefficient (Wildman–Crippen LogP) is 0.831. The van der Waals surface area contributed by atoms with Gasteiger partial charge in [0.2, 0.25) is 15.9 Å². The van der Waals surface area contributed by atoms with E-state index in [-0.39, 0.29) is 22.7 Å². The number of nitrogens with one attached hydrogen (secondary N) is 3. The van der Waals surface area contributed by atoms with Crippen LogP contribution in [-0.2, 0) is 14.8 Å². The first-order valence-corrected chi connectivity index (χ1v) is 8.77. The van der Waals surface area contributed by atoms with Gasteiger partial charge in [-0.15, -0.1) is 0 Å². The Hall–Kier alpha value is -1.19. The lowest BCUT2D eigenvalue weighted by atomic mass is 10.3. The molecule has 21 heavy (non-hydrogen) atoms. The summed E-state index contributed by atoms with van der Waals surface area (Å²) in [6.07, 6.45) is 3.39. The molecule has 1 saturated carbocycles. The molecule has 0 bridgehead atoms. The van der Waals surface area contributed by atoms with E-state index in [1.807, 2.05) is 0 Å². The number of aromatic nitrogens is 1. The third-order valence-electron chi connectivity index (χ3n) is 2.99. The molecule has 7 nitrogen and oxygen atoms in total. The van der Waals surface area contributed by atoms with E-state index in [0.717, 1.165) is 12.8 Å². The molecule has 3 N–H and O–H groups in total. The van der Waals surface area contributed by atoms with Crippen LogP contribution in [0.2, 0.25) is 0 Å². The van der Waals surface area contributed by atoms with Gasteiger partial charge in [0, 0.05) is 23.8 Å². The van der Waals surface area contributed by atoms with Gasteiger partial charge in [-0.2, -0.15) is 4.72 Å². The van der Waals surface area contributed by atoms with Crippen molar-refractivity contribution in [2.75, 3.05) is 12.4 Å². The Morgan fingerprint density at radius 2 is 2.14 bits per heavy atom. The van der Waals surface area contributed by atoms with Crippen molar-refractivity contribution < 1.29 is 13.2 Å². The van der Waals surface area contributed by atoms with Crippen LogP contribution in [0.25, 0.3) is 0 Å². The summed E-state index contributed by atoms with van der Waals surface area (Å²) in [6.45, 7) is 1.51. The van der Waals surface area contributed by atoms with Crippen LogP contribution in [0, 0.1) is 0 Å². The summed E-state index contributed by atoms with van der Waals surface area (Å²) in [6, 6.07) is 0.774. The zero-order valence-corrected chi connectivity index (χ0v) is 14.1. The Morgan fingerprint density at radius 3 is 2.71 bits per heavy atom. The van der Waals surface area contributed by atoms with E-state index in [4.69, 9.17) is 0 Å². The lowest BCUT2D eigenvalue weighted by Gasteiger charge is -2.15. The summed E-state index contributed by atoms with van der Waals surface area (Å²) in [5.74, 6) is -0.101. The molecule has 1 fully saturated rings. The van der Waals surface area contributed by atoms with E-state index < -0.39 is 16.1 Å². The highest BCUT2D eigenvalue weighted by atomic mass is 79.9. The zero-order valence-electron chi connectivity index (χ0n) is 11.7. The van der Waals surface area contributed by atoms with Crippen molar-refractivity contribution in [3.8, 4) is 0 Å². The Morgan fingerprint density at radius 1 is 1.48 bits per heavy atom. The van der Waals surface area contributed by atoms with Crippen molar-refractivity contribution in [2.24, 2.45) is 0 Å². The number of pyridine rings is 1. The maximum atomic E-state index is 12.4. The molecular weight excluding hydrogens is 360 g/mol. The van der Waals surface area contributed by atoms with Crippen LogP contribution in [0.1, 0.15) is 19.8 Å². The van der Waals surface area contributed by atoms with E-state index in [0.29, 0.717) is 4.47 Å². The van der Waals surface area contributed by atoms with Gasteiger partial charge >= 0.3 is 0 Å². The maximum Gasteiger partial charge on any atom is 0.244 e. The fourth-order valence-electron chi connectivity index (χ4n) is 1.72. The summed E-state index contributed by atoms with van der Waals surface area (Å²) in [5.41, 5.74) is 0. The quantitative estimate of drug-likeness (QED) is 0.682. The normalized spacial score (nSPS) is 16.3. The fraction of sp³-hybridized carbons (Fsp3) is 0.500. The third kappa shape index (κ3) is 4.14. The molecule has 0 radical (unpaired) electrons. The Bertz CT molecular complexity index is 646. The summed E-state index contributed by atoms with van der Waals surface area (Å²) in [5, 5.41) is 5.48. The molecule has 116 valence electrons. The second-order valence-electron chi connectivity index (χ2n) is 4.88. The van der Waals surface area contributed by atoms with E-state index in [2.05, 4.69) is 36.3 Å². The number of carbonyl (C=O) groups excluding carboxylic acids is 1. The first-order chi connectivity index (χ1) is 9.83. The molecule has 1 unspecified atom stereocenters. The van der Waals surface area contributed by atoms with Crippen LogP contribution < -0.4 is 15.4 Å². The molecule has 1 aromatic rings. The van der Waals surface area contributed by atoms with E-state index in [1.54, 1.807) is 7.05 Å². The Labute approximate surface area is 132 Å². The summed E-state index contributed by atoms with van der Waals surface area (Å²) < 4.78 is 27.7. The van der Waals surface area contributed by atoms with Crippen molar-refractivity contribution in [1.29, 1.82) is 0 Å². The predicted molar refractivity (Wildman–Crippen MR) is 82.4 cm³/mol. The molecular formula is C12H17BrN4O3S. The van der Waals surface area contributed by atoms with Gasteiger partial charge in [0.05, 0.1) is 6.04 Å². The molecule has 1 aliphatic rings. The van der Waals surface area contributed by atoms with Crippen LogP contribution in [0.3, 0.4) is 0 Å². The molecule has 9 heteroatoms. The average molecular weight is 377 g/mol. The van der Waals surface area contributed by atoms with Gasteiger partial charge in [-0.1, -0.05) is 0 Å². The van der Waals surface area contributed by atoms with Crippen LogP contribution in [-0.4, -0.2) is 38.4 Å². The molecule has 1 amide bonds. The number of halogens is 1. The highest BCUT2D eigenvalue weighted by Crippen LogP contribution is 2.23. The highest BCUT2D eigenvalue weighted by molar-refractivity contribution is 9.10. The van der Waals surface area contributed by atoms with Gasteiger partial charge in [-0.3, -0.25) is 4.79 Å². The smallest absolute Gasteiger partial charge is 0.244 e. The molecule has 1 aliphatic carbocycles. The van der Waals surface area contributed by atoms with Crippen molar-refractivity contribution >= 4 is 37.7 Å². The Kier molecular flexibility index (Phi) is 4.84. The van der Waals surface area contributed by atoms with Crippen LogP contribution >= 0.6 is 15.9 Å². The second kappa shape index (κ2) is 6.29. The average Bonchev–Trinajstić information content (AvgIpc) is 3.22. The third-order valence-corrected chi connectivity index (χ3v) is 4.98. The van der Waals surface area contributed by atoms with Gasteiger partial charge in [-0.25, -0.2) is 13.4 Å². The standard InChI is InChI=1S/C12H17BrN4O3S/c1-7(12(18)16-9-3-4-9)17-21(19,20)10-5-8(13)6-15-11(10)14-2/h5-7,9,17H,3-4H2,1-2H3,(H,14,15)(H,16,18). The van der Waals surface area contributed by atoms with Crippen molar-refractivity contribution in [1.82, 2.24) is 15.0 Å². The minimum Gasteiger partial charge on any atom is -0.372 e. The number of amides is 1. The first kappa shape index (κ1) is 16.2. The number of sulfonamides is 1. The SMILES string of the molecule is CNc1ncc(Br)cc1S(=O)(=O)NC(C)C(=O)NC1CC1. The lowest BCUT2D eigenvalue weighted by Crippen LogP contribution is -2.45. The summed E-state index contributed by atoms with van der Waals surface area (Å²) >= 11 is 3.19. The molecule has 0 aliphatic heterocycles. The molecule has 1 heterocycles. The van der Waals surface area contributed by atoms with Crippen LogP contribution in [0.4, 0.5) is 5.82 Å². The number of hydrogen-bond donors (Lipinski definition) is 3. The van der Waals surface area contributed by atoms with Crippen LogP contribution in [0.15, 0.2) is 21.6 Å². The molecule has 0 spiro atoms. The van der Waals surface area contributed by atoms with Gasteiger partial charge in [0.15, 0.2) is 0 Å². The van der Waals surface area contributed by atoms with Crippen molar-refractivity contribution in [2.45, 2.75) is 36.7 Å². The molecule has 0 aromatic carbocycles. The number of carbonyl (C=O) groups is 1. The van der Waals surface area contributed by atoms with Crippen molar-refractivity contribution in [3.05, 3.63) is 16.7 Å². The summed E-state index contributed by atoms with van der Waals surface area (Å²) in [4.78, 5) is 15.8. The monoisotopic (exact) mass is 376 g/mol. The van der Waals surface area contributed by atoms with Crippen LogP contribution in [0.5, 0.6) is 0 Å². The van der Waals surface area contributed by atoms with E-state index in [9.17, 15) is 13.2 Å². The molecule has 1 atom stereocenters. The minimum atomic E-state index is -3.85. The van der Waals surface area contributed by atoms with Crippen molar-refractivity contribution in [3.63, 3.8) is 0 Å². The largest absolute Gasteiger partial charge is 0.372 e. The fourth-order valence-corrected chi connectivity index (χ4v) is 3.59. The second-order valence-corrected chi connectivity index (χ2v) is 7.47. The Balaban J connectivity index is 2.17. The van der Waals surface area contributed by atoms with E-state index >= 15 is 0 Å². The number of anilines is 1. The number of nitrogens with zero attached hydrogens (tertiary/aromatic N) is 1. The van der Waals surface area contributed by atoms with Gasteiger partial charge in [0.25, 0.3) is 0 Å². The number of hydrogen-bond acceptors (Lipinski definition) is 5. The molecule has 1 aromatic heterocycles. The topological polar surface area (TPSA) is 100 Å². The van der Waals surface area contributed by atoms with E-state index in [1.165, 1.54) is 19.2 Å². The summed E-state index contributed by atoms with van der Waals surface area (Å²) in [7, 11) is -2.27. The van der Waals surface area contributed by atoms with Gasteiger partial charge in [0.1, 0.15) is 10.7 Å². The first-order valence-electron chi connectivity index (χ1n) is 6.49. The molecule has 2 rings (SSSR count). The lowest BCUT2D eigenvalue weighted by molar-refractivity contribution is -0.122. The minimum absolute atomic E-state index is 0.00885. The highest BCUT2D eigenvalue weighted by Gasteiger charge is 2.29. The number of rotatable bonds is 6. The molecule has 0 saturated heterocycles. The van der Waals surface area contributed by atoms with Gasteiger partial charge in [-0.05, 0) is 41.8 Å². The van der Waals surface area contributed by atoms with Gasteiger partial charge < -0.3 is 10.6 Å². The zero-order chi connectivity index (χ0) is 15.6.